The van der Waals surface area contributed by atoms with Crippen molar-refractivity contribution in [1.29, 1.82) is 0 Å². The lowest BCUT2D eigenvalue weighted by atomic mass is 9.83. The highest BCUT2D eigenvalue weighted by molar-refractivity contribution is 9.10. The molecule has 2 N–H and O–H groups in total. The van der Waals surface area contributed by atoms with Gasteiger partial charge in [-0.25, -0.2) is 0 Å². The van der Waals surface area contributed by atoms with Crippen LogP contribution in [0.2, 0.25) is 0 Å². The minimum Gasteiger partial charge on any atom is -0.330 e. The number of aromatic nitrogens is 1. The fraction of sp³-hybridized carbons (Fsp3) is 0.545. The molecular formula is C11H17BrN2. The van der Waals surface area contributed by atoms with E-state index in [9.17, 15) is 0 Å². The number of rotatable bonds is 4. The van der Waals surface area contributed by atoms with Crippen molar-refractivity contribution in [2.75, 3.05) is 6.54 Å². The van der Waals surface area contributed by atoms with Gasteiger partial charge in [0.15, 0.2) is 0 Å². The van der Waals surface area contributed by atoms with Gasteiger partial charge in [-0.2, -0.15) is 0 Å². The highest BCUT2D eigenvalue weighted by Gasteiger charge is 2.20. The monoisotopic (exact) mass is 256 g/mol. The van der Waals surface area contributed by atoms with Crippen LogP contribution in [-0.4, -0.2) is 11.5 Å². The summed E-state index contributed by atoms with van der Waals surface area (Å²) >= 11 is 3.37. The molecule has 0 bridgehead atoms. The largest absolute Gasteiger partial charge is 0.330 e. The SMILES string of the molecule is CCC(C)(CN)Cc1ccc(Br)cn1. The number of pyridine rings is 1. The lowest BCUT2D eigenvalue weighted by molar-refractivity contribution is 0.317. The first-order chi connectivity index (χ1) is 6.59. The second-order valence-electron chi connectivity index (χ2n) is 4.01. The minimum absolute atomic E-state index is 0.181. The molecule has 0 spiro atoms. The van der Waals surface area contributed by atoms with Gasteiger partial charge in [-0.15, -0.1) is 0 Å². The van der Waals surface area contributed by atoms with Crippen molar-refractivity contribution in [2.24, 2.45) is 11.1 Å². The molecule has 0 aliphatic carbocycles. The van der Waals surface area contributed by atoms with Crippen LogP contribution in [0, 0.1) is 5.41 Å². The van der Waals surface area contributed by atoms with Gasteiger partial charge in [0.05, 0.1) is 0 Å². The van der Waals surface area contributed by atoms with Gasteiger partial charge in [-0.05, 0) is 52.9 Å². The molecule has 0 radical (unpaired) electrons. The first-order valence-electron chi connectivity index (χ1n) is 4.90. The van der Waals surface area contributed by atoms with Crippen LogP contribution in [0.4, 0.5) is 0 Å². The number of hydrogen-bond acceptors (Lipinski definition) is 2. The first-order valence-corrected chi connectivity index (χ1v) is 5.69. The van der Waals surface area contributed by atoms with Crippen molar-refractivity contribution in [3.8, 4) is 0 Å². The average molecular weight is 257 g/mol. The zero-order valence-corrected chi connectivity index (χ0v) is 10.3. The fourth-order valence-corrected chi connectivity index (χ4v) is 1.52. The Morgan fingerprint density at radius 2 is 2.21 bits per heavy atom. The molecule has 14 heavy (non-hydrogen) atoms. The molecule has 0 fully saturated rings. The van der Waals surface area contributed by atoms with E-state index in [-0.39, 0.29) is 5.41 Å². The van der Waals surface area contributed by atoms with Crippen molar-refractivity contribution in [2.45, 2.75) is 26.7 Å². The molecule has 1 aromatic heterocycles. The summed E-state index contributed by atoms with van der Waals surface area (Å²) in [6.45, 7) is 5.09. The zero-order chi connectivity index (χ0) is 10.6. The molecular weight excluding hydrogens is 240 g/mol. The summed E-state index contributed by atoms with van der Waals surface area (Å²) in [6, 6.07) is 4.07. The third-order valence-corrected chi connectivity index (χ3v) is 3.21. The molecule has 0 aromatic carbocycles. The second-order valence-corrected chi connectivity index (χ2v) is 4.93. The molecule has 0 aliphatic heterocycles. The van der Waals surface area contributed by atoms with Gasteiger partial charge in [-0.1, -0.05) is 13.8 Å². The Morgan fingerprint density at radius 3 is 2.64 bits per heavy atom. The molecule has 0 saturated carbocycles. The predicted molar refractivity (Wildman–Crippen MR) is 63.1 cm³/mol. The summed E-state index contributed by atoms with van der Waals surface area (Å²) in [4.78, 5) is 4.36. The van der Waals surface area contributed by atoms with Crippen molar-refractivity contribution in [3.63, 3.8) is 0 Å². The maximum absolute atomic E-state index is 5.76. The van der Waals surface area contributed by atoms with Crippen LogP contribution in [0.5, 0.6) is 0 Å². The molecule has 3 heteroatoms. The van der Waals surface area contributed by atoms with E-state index in [1.54, 1.807) is 0 Å². The van der Waals surface area contributed by atoms with Crippen LogP contribution in [0.3, 0.4) is 0 Å². The molecule has 2 nitrogen and oxygen atoms in total. The Labute approximate surface area is 94.0 Å². The third-order valence-electron chi connectivity index (χ3n) is 2.74. The summed E-state index contributed by atoms with van der Waals surface area (Å²) in [5.41, 5.74) is 7.05. The van der Waals surface area contributed by atoms with Gasteiger partial charge >= 0.3 is 0 Å². The molecule has 0 aliphatic rings. The lowest BCUT2D eigenvalue weighted by Gasteiger charge is -2.25. The van der Waals surface area contributed by atoms with Gasteiger partial charge in [0.2, 0.25) is 0 Å². The molecule has 1 aromatic rings. The Bertz CT molecular complexity index is 278. The average Bonchev–Trinajstić information content (AvgIpc) is 2.21. The Morgan fingerprint density at radius 1 is 1.50 bits per heavy atom. The molecule has 0 amide bonds. The van der Waals surface area contributed by atoms with Crippen LogP contribution in [0.15, 0.2) is 22.8 Å². The Balaban J connectivity index is 2.72. The molecule has 1 heterocycles. The van der Waals surface area contributed by atoms with Crippen LogP contribution in [0.25, 0.3) is 0 Å². The topological polar surface area (TPSA) is 38.9 Å². The summed E-state index contributed by atoms with van der Waals surface area (Å²) in [5, 5.41) is 0. The first kappa shape index (κ1) is 11.7. The number of hydrogen-bond donors (Lipinski definition) is 1. The summed E-state index contributed by atoms with van der Waals surface area (Å²) < 4.78 is 1.02. The quantitative estimate of drug-likeness (QED) is 0.900. The van der Waals surface area contributed by atoms with E-state index in [0.29, 0.717) is 6.54 Å². The van der Waals surface area contributed by atoms with E-state index >= 15 is 0 Å². The van der Waals surface area contributed by atoms with Crippen LogP contribution < -0.4 is 5.73 Å². The second kappa shape index (κ2) is 4.89. The van der Waals surface area contributed by atoms with E-state index < -0.39 is 0 Å². The lowest BCUT2D eigenvalue weighted by Crippen LogP contribution is -2.29. The molecule has 0 saturated heterocycles. The van der Waals surface area contributed by atoms with Crippen molar-refractivity contribution < 1.29 is 0 Å². The fourth-order valence-electron chi connectivity index (χ4n) is 1.29. The predicted octanol–water partition coefficient (Wildman–Crippen LogP) is 2.76. The van der Waals surface area contributed by atoms with E-state index in [2.05, 4.69) is 34.8 Å². The smallest absolute Gasteiger partial charge is 0.0413 e. The number of nitrogens with two attached hydrogens (primary N) is 1. The zero-order valence-electron chi connectivity index (χ0n) is 8.76. The third kappa shape index (κ3) is 3.07. The van der Waals surface area contributed by atoms with E-state index in [1.165, 1.54) is 0 Å². The van der Waals surface area contributed by atoms with E-state index in [1.807, 2.05) is 18.3 Å². The molecule has 1 atom stereocenters. The van der Waals surface area contributed by atoms with Gasteiger partial charge in [-0.3, -0.25) is 4.98 Å². The maximum Gasteiger partial charge on any atom is 0.0413 e. The maximum atomic E-state index is 5.76. The van der Waals surface area contributed by atoms with Crippen LogP contribution in [-0.2, 0) is 6.42 Å². The normalized spacial score (nSPS) is 15.1. The van der Waals surface area contributed by atoms with E-state index in [4.69, 9.17) is 5.73 Å². The molecule has 78 valence electrons. The molecule has 1 unspecified atom stereocenters. The highest BCUT2D eigenvalue weighted by Crippen LogP contribution is 2.24. The Kier molecular flexibility index (Phi) is 4.08. The number of halogens is 1. The van der Waals surface area contributed by atoms with Gasteiger partial charge in [0.25, 0.3) is 0 Å². The van der Waals surface area contributed by atoms with Gasteiger partial charge < -0.3 is 5.73 Å². The van der Waals surface area contributed by atoms with Gasteiger partial charge in [0.1, 0.15) is 0 Å². The van der Waals surface area contributed by atoms with Gasteiger partial charge in [0, 0.05) is 16.4 Å². The summed E-state index contributed by atoms with van der Waals surface area (Å²) in [5.74, 6) is 0. The molecule has 1 rings (SSSR count). The van der Waals surface area contributed by atoms with Crippen LogP contribution >= 0.6 is 15.9 Å². The highest BCUT2D eigenvalue weighted by atomic mass is 79.9. The van der Waals surface area contributed by atoms with Crippen molar-refractivity contribution in [3.05, 3.63) is 28.5 Å². The van der Waals surface area contributed by atoms with Crippen molar-refractivity contribution >= 4 is 15.9 Å². The summed E-state index contributed by atoms with van der Waals surface area (Å²) in [6.07, 6.45) is 3.87. The van der Waals surface area contributed by atoms with E-state index in [0.717, 1.165) is 23.0 Å². The van der Waals surface area contributed by atoms with Crippen LogP contribution in [0.1, 0.15) is 26.0 Å². The standard InChI is InChI=1S/C11H17BrN2/c1-3-11(2,8-13)6-10-5-4-9(12)7-14-10/h4-5,7H,3,6,8,13H2,1-2H3. The summed E-state index contributed by atoms with van der Waals surface area (Å²) in [7, 11) is 0. The Hall–Kier alpha value is -0.410. The number of nitrogens with zero attached hydrogens (tertiary/aromatic N) is 1. The minimum atomic E-state index is 0.181. The van der Waals surface area contributed by atoms with Crippen molar-refractivity contribution in [1.82, 2.24) is 4.98 Å².